The van der Waals surface area contributed by atoms with Crippen molar-refractivity contribution in [1.82, 2.24) is 4.90 Å². The highest BCUT2D eigenvalue weighted by molar-refractivity contribution is 7.38. The molecule has 0 aromatic carbocycles. The van der Waals surface area contributed by atoms with E-state index in [0.29, 0.717) is 0 Å². The quantitative estimate of drug-likeness (QED) is 0.207. The number of nitrogens with zero attached hydrogens (tertiary/aromatic N) is 1. The summed E-state index contributed by atoms with van der Waals surface area (Å²) in [6.07, 6.45) is 8.14. The maximum Gasteiger partial charge on any atom is 0.157 e. The molecule has 0 bridgehead atoms. The molecule has 0 aliphatic heterocycles. The lowest BCUT2D eigenvalue weighted by Crippen LogP contribution is -2.29. The summed E-state index contributed by atoms with van der Waals surface area (Å²) < 4.78 is 20.9. The molecule has 0 rings (SSSR count). The Morgan fingerprint density at radius 1 is 0.667 bits per heavy atom. The predicted octanol–water partition coefficient (Wildman–Crippen LogP) is 3.07. The smallest absolute Gasteiger partial charge is 0.157 e. The van der Waals surface area contributed by atoms with Crippen LogP contribution in [0.2, 0.25) is 0 Å². The molecular formula is C17H39NO4P2. The van der Waals surface area contributed by atoms with Crippen LogP contribution in [0.25, 0.3) is 0 Å². The minimum atomic E-state index is -0.0338. The van der Waals surface area contributed by atoms with Gasteiger partial charge in [0, 0.05) is 54.4 Å². The van der Waals surface area contributed by atoms with Crippen LogP contribution >= 0.6 is 17.2 Å². The molecule has 24 heavy (non-hydrogen) atoms. The zero-order valence-corrected chi connectivity index (χ0v) is 18.3. The van der Waals surface area contributed by atoms with Crippen molar-refractivity contribution >= 4 is 17.2 Å². The highest BCUT2D eigenvalue weighted by Crippen LogP contribution is 2.17. The summed E-state index contributed by atoms with van der Waals surface area (Å²) in [5, 5.41) is 0. The van der Waals surface area contributed by atoms with E-state index in [9.17, 15) is 0 Å². The highest BCUT2D eigenvalue weighted by Gasteiger charge is 2.07. The molecule has 7 heteroatoms. The fraction of sp³-hybridized carbons (Fsp3) is 1.00. The Morgan fingerprint density at radius 3 is 1.42 bits per heavy atom. The average Bonchev–Trinajstić information content (AvgIpc) is 2.61. The average molecular weight is 383 g/mol. The molecule has 0 aromatic heterocycles. The molecule has 146 valence electrons. The topological polar surface area (TPSA) is 40.2 Å². The van der Waals surface area contributed by atoms with Crippen LogP contribution in [0.15, 0.2) is 0 Å². The van der Waals surface area contributed by atoms with Gasteiger partial charge in [-0.1, -0.05) is 6.92 Å². The molecular weight excluding hydrogens is 344 g/mol. The van der Waals surface area contributed by atoms with Gasteiger partial charge in [0.2, 0.25) is 0 Å². The SMILES string of the molecule is CCCN(CCPCCC(OC)OC)CCPCCC(OC)OC. The standard InChI is InChI=1S/C17H39NO4P2/c1-6-9-18(10-14-23-12-7-16(19-2)20-3)11-15-24-13-8-17(21-4)22-5/h16-17,23-24H,6-15H2,1-5H3. The van der Waals surface area contributed by atoms with E-state index in [2.05, 4.69) is 11.8 Å². The molecule has 0 radical (unpaired) electrons. The highest BCUT2D eigenvalue weighted by atomic mass is 31.1. The first-order chi connectivity index (χ1) is 11.7. The van der Waals surface area contributed by atoms with Gasteiger partial charge in [0.25, 0.3) is 0 Å². The summed E-state index contributed by atoms with van der Waals surface area (Å²) in [6.45, 7) is 5.92. The molecule has 5 nitrogen and oxygen atoms in total. The van der Waals surface area contributed by atoms with Gasteiger partial charge in [0.15, 0.2) is 12.6 Å². The Hall–Kier alpha value is 0.660. The summed E-state index contributed by atoms with van der Waals surface area (Å²) in [5.41, 5.74) is 0. The van der Waals surface area contributed by atoms with Crippen molar-refractivity contribution in [2.75, 3.05) is 72.7 Å². The van der Waals surface area contributed by atoms with Crippen molar-refractivity contribution in [2.45, 2.75) is 38.8 Å². The Bertz CT molecular complexity index is 233. The number of methoxy groups -OCH3 is 4. The van der Waals surface area contributed by atoms with Crippen LogP contribution in [0.3, 0.4) is 0 Å². The number of rotatable bonds is 18. The van der Waals surface area contributed by atoms with Gasteiger partial charge in [-0.3, -0.25) is 0 Å². The van der Waals surface area contributed by atoms with Crippen molar-refractivity contribution in [1.29, 1.82) is 0 Å². The van der Waals surface area contributed by atoms with Crippen molar-refractivity contribution in [3.63, 3.8) is 0 Å². The second-order valence-electron chi connectivity index (χ2n) is 5.72. The Kier molecular flexibility index (Phi) is 19.0. The lowest BCUT2D eigenvalue weighted by atomic mass is 10.4. The summed E-state index contributed by atoms with van der Waals surface area (Å²) in [7, 11) is 8.84. The van der Waals surface area contributed by atoms with Crippen LogP contribution in [0.4, 0.5) is 0 Å². The summed E-state index contributed by atoms with van der Waals surface area (Å²) >= 11 is 0. The van der Waals surface area contributed by atoms with E-state index in [1.54, 1.807) is 28.4 Å². The van der Waals surface area contributed by atoms with E-state index in [1.165, 1.54) is 50.7 Å². The van der Waals surface area contributed by atoms with Crippen molar-refractivity contribution in [2.24, 2.45) is 0 Å². The zero-order valence-electron chi connectivity index (χ0n) is 16.3. The normalized spacial score (nSPS) is 13.0. The van der Waals surface area contributed by atoms with E-state index in [1.807, 2.05) is 0 Å². The second kappa shape index (κ2) is 18.5. The lowest BCUT2D eigenvalue weighted by Gasteiger charge is -2.22. The molecule has 0 aliphatic rings. The van der Waals surface area contributed by atoms with Crippen LogP contribution in [0.1, 0.15) is 26.2 Å². The van der Waals surface area contributed by atoms with Gasteiger partial charge in [-0.25, -0.2) is 0 Å². The molecule has 0 aliphatic carbocycles. The third-order valence-corrected chi connectivity index (χ3v) is 6.35. The van der Waals surface area contributed by atoms with E-state index < -0.39 is 0 Å². The van der Waals surface area contributed by atoms with Crippen LogP contribution in [-0.2, 0) is 18.9 Å². The maximum atomic E-state index is 5.23. The van der Waals surface area contributed by atoms with Gasteiger partial charge in [0.05, 0.1) is 0 Å². The minimum absolute atomic E-state index is 0.0338. The largest absolute Gasteiger partial charge is 0.356 e. The van der Waals surface area contributed by atoms with Crippen molar-refractivity contribution in [3.05, 3.63) is 0 Å². The van der Waals surface area contributed by atoms with Crippen molar-refractivity contribution < 1.29 is 18.9 Å². The molecule has 0 spiro atoms. The third kappa shape index (κ3) is 13.9. The first kappa shape index (κ1) is 24.7. The molecule has 0 amide bonds. The molecule has 0 heterocycles. The summed E-state index contributed by atoms with van der Waals surface area (Å²) in [4.78, 5) is 2.62. The van der Waals surface area contributed by atoms with E-state index in [0.717, 1.165) is 30.0 Å². The van der Waals surface area contributed by atoms with Gasteiger partial charge >= 0.3 is 0 Å². The Balaban J connectivity index is 3.70. The molecule has 0 saturated carbocycles. The lowest BCUT2D eigenvalue weighted by molar-refractivity contribution is -0.102. The monoisotopic (exact) mass is 383 g/mol. The first-order valence-electron chi connectivity index (χ1n) is 8.96. The van der Waals surface area contributed by atoms with Crippen LogP contribution in [0.5, 0.6) is 0 Å². The van der Waals surface area contributed by atoms with Crippen LogP contribution < -0.4 is 0 Å². The predicted molar refractivity (Wildman–Crippen MR) is 108 cm³/mol. The Morgan fingerprint density at radius 2 is 1.08 bits per heavy atom. The Labute approximate surface area is 153 Å². The van der Waals surface area contributed by atoms with E-state index in [-0.39, 0.29) is 12.6 Å². The first-order valence-corrected chi connectivity index (χ1v) is 11.8. The van der Waals surface area contributed by atoms with E-state index >= 15 is 0 Å². The van der Waals surface area contributed by atoms with Gasteiger partial charge < -0.3 is 23.8 Å². The fourth-order valence-corrected chi connectivity index (χ4v) is 4.81. The number of hydrogen-bond donors (Lipinski definition) is 0. The fourth-order valence-electron chi connectivity index (χ4n) is 2.48. The van der Waals surface area contributed by atoms with Gasteiger partial charge in [-0.05, 0) is 37.6 Å². The van der Waals surface area contributed by atoms with Crippen LogP contribution in [-0.4, -0.2) is 90.2 Å². The number of ether oxygens (including phenoxy) is 4. The molecule has 0 aromatic rings. The van der Waals surface area contributed by atoms with Crippen molar-refractivity contribution in [3.8, 4) is 0 Å². The maximum absolute atomic E-state index is 5.23. The molecule has 0 fully saturated rings. The van der Waals surface area contributed by atoms with Gasteiger partial charge in [0.1, 0.15) is 0 Å². The third-order valence-electron chi connectivity index (χ3n) is 3.91. The molecule has 0 N–H and O–H groups in total. The van der Waals surface area contributed by atoms with Gasteiger partial charge in [-0.15, -0.1) is 17.2 Å². The number of hydrogen-bond acceptors (Lipinski definition) is 5. The summed E-state index contributed by atoms with van der Waals surface area (Å²) in [6, 6.07) is 0. The molecule has 2 atom stereocenters. The molecule has 0 saturated heterocycles. The van der Waals surface area contributed by atoms with E-state index in [4.69, 9.17) is 18.9 Å². The van der Waals surface area contributed by atoms with Crippen LogP contribution in [0, 0.1) is 0 Å². The second-order valence-corrected chi connectivity index (χ2v) is 8.72. The molecule has 2 unspecified atom stereocenters. The van der Waals surface area contributed by atoms with Gasteiger partial charge in [-0.2, -0.15) is 0 Å². The zero-order chi connectivity index (χ0) is 18.0. The minimum Gasteiger partial charge on any atom is -0.356 e. The summed E-state index contributed by atoms with van der Waals surface area (Å²) in [5.74, 6) is 0.